The summed E-state index contributed by atoms with van der Waals surface area (Å²) in [4.78, 5) is 2.04. The second-order valence-electron chi connectivity index (χ2n) is 5.66. The summed E-state index contributed by atoms with van der Waals surface area (Å²) in [5.41, 5.74) is 19.5. The van der Waals surface area contributed by atoms with E-state index in [0.29, 0.717) is 29.4 Å². The highest BCUT2D eigenvalue weighted by Crippen LogP contribution is 2.23. The van der Waals surface area contributed by atoms with Gasteiger partial charge in [-0.1, -0.05) is 38.5 Å². The summed E-state index contributed by atoms with van der Waals surface area (Å²) in [5, 5.41) is 9.93. The quantitative estimate of drug-likeness (QED) is 0.435. The van der Waals surface area contributed by atoms with Gasteiger partial charge in [0.15, 0.2) is 0 Å². The molecule has 0 aliphatic heterocycles. The van der Waals surface area contributed by atoms with Crippen LogP contribution in [0.5, 0.6) is 5.75 Å². The number of rotatable bonds is 8. The fourth-order valence-electron chi connectivity index (χ4n) is 2.23. The van der Waals surface area contributed by atoms with Crippen LogP contribution in [0.25, 0.3) is 5.70 Å². The third-order valence-electron chi connectivity index (χ3n) is 3.72. The van der Waals surface area contributed by atoms with Gasteiger partial charge in [-0.05, 0) is 24.1 Å². The lowest BCUT2D eigenvalue weighted by Crippen LogP contribution is -2.31. The average Bonchev–Trinajstić information content (AvgIpc) is 2.52. The highest BCUT2D eigenvalue weighted by Gasteiger charge is 2.14. The van der Waals surface area contributed by atoms with E-state index in [1.807, 2.05) is 11.0 Å². The van der Waals surface area contributed by atoms with Crippen molar-refractivity contribution in [2.24, 2.45) is 23.1 Å². The lowest BCUT2D eigenvalue weighted by molar-refractivity contribution is 0.320. The van der Waals surface area contributed by atoms with Crippen LogP contribution < -0.4 is 17.2 Å². The lowest BCUT2D eigenvalue weighted by Gasteiger charge is -2.28. The first kappa shape index (κ1) is 18.5. The number of phenols is 1. The number of nitrogens with two attached hydrogens (primary N) is 3. The van der Waals surface area contributed by atoms with Gasteiger partial charge in [0, 0.05) is 24.4 Å². The maximum atomic E-state index is 9.93. The standard InChI is InChI=1S/C18H28N4O/c1-4-10-22(12-13(3)5-2)16(18(20)21)11-15(19)14-8-6-7-9-17(14)23/h4,6-9,11,13,23H,1,5,10,12,19-21H2,2-3H3/b15-11-. The molecule has 0 aromatic heterocycles. The second-order valence-corrected chi connectivity index (χ2v) is 5.66. The minimum absolute atomic E-state index is 0.119. The third kappa shape index (κ3) is 5.29. The molecule has 0 spiro atoms. The number of allylic oxidation sites excluding steroid dienone is 1. The van der Waals surface area contributed by atoms with Gasteiger partial charge in [0.2, 0.25) is 0 Å². The Balaban J connectivity index is 3.19. The summed E-state index contributed by atoms with van der Waals surface area (Å²) in [6.07, 6.45) is 4.55. The molecular formula is C18H28N4O. The molecule has 0 bridgehead atoms. The molecule has 5 heteroatoms. The van der Waals surface area contributed by atoms with Gasteiger partial charge in [-0.25, -0.2) is 0 Å². The Morgan fingerprint density at radius 2 is 1.96 bits per heavy atom. The van der Waals surface area contributed by atoms with E-state index in [1.54, 1.807) is 30.4 Å². The summed E-state index contributed by atoms with van der Waals surface area (Å²) in [6.45, 7) is 9.49. The maximum absolute atomic E-state index is 9.93. The van der Waals surface area contributed by atoms with Gasteiger partial charge in [-0.15, -0.1) is 6.58 Å². The SMILES string of the molecule is C=CCN(CC(C)CC)C(/C=C(\N)c1ccccc1O)=C(N)N. The van der Waals surface area contributed by atoms with E-state index < -0.39 is 0 Å². The molecule has 1 aromatic carbocycles. The number of benzene rings is 1. The number of hydrogen-bond acceptors (Lipinski definition) is 5. The zero-order valence-corrected chi connectivity index (χ0v) is 14.0. The molecule has 0 saturated heterocycles. The molecule has 0 saturated carbocycles. The van der Waals surface area contributed by atoms with Gasteiger partial charge in [0.25, 0.3) is 0 Å². The van der Waals surface area contributed by atoms with Crippen LogP contribution in [0.2, 0.25) is 0 Å². The molecule has 7 N–H and O–H groups in total. The molecule has 0 amide bonds. The molecule has 0 aliphatic carbocycles. The molecule has 0 heterocycles. The molecule has 0 fully saturated rings. The monoisotopic (exact) mass is 316 g/mol. The van der Waals surface area contributed by atoms with Crippen molar-refractivity contribution in [2.45, 2.75) is 20.3 Å². The lowest BCUT2D eigenvalue weighted by atomic mass is 10.1. The largest absolute Gasteiger partial charge is 0.507 e. The zero-order valence-electron chi connectivity index (χ0n) is 14.0. The summed E-state index contributed by atoms with van der Waals surface area (Å²) >= 11 is 0. The number of aromatic hydroxyl groups is 1. The van der Waals surface area contributed by atoms with Crippen molar-refractivity contribution in [3.8, 4) is 5.75 Å². The molecule has 1 unspecified atom stereocenters. The van der Waals surface area contributed by atoms with Crippen molar-refractivity contribution >= 4 is 5.70 Å². The topological polar surface area (TPSA) is 102 Å². The second kappa shape index (κ2) is 8.78. The molecule has 1 atom stereocenters. The molecule has 1 aromatic rings. The fraction of sp³-hybridized carbons (Fsp3) is 0.333. The van der Waals surface area contributed by atoms with E-state index in [9.17, 15) is 5.11 Å². The van der Waals surface area contributed by atoms with Crippen LogP contribution >= 0.6 is 0 Å². The van der Waals surface area contributed by atoms with Crippen LogP contribution in [0, 0.1) is 5.92 Å². The molecule has 0 aliphatic rings. The van der Waals surface area contributed by atoms with Crippen LogP contribution in [0.1, 0.15) is 25.8 Å². The fourth-order valence-corrected chi connectivity index (χ4v) is 2.23. The molecular weight excluding hydrogens is 288 g/mol. The summed E-state index contributed by atoms with van der Waals surface area (Å²) < 4.78 is 0. The van der Waals surface area contributed by atoms with Crippen LogP contribution in [-0.4, -0.2) is 23.1 Å². The molecule has 126 valence electrons. The van der Waals surface area contributed by atoms with E-state index >= 15 is 0 Å². The Labute approximate surface area is 138 Å². The van der Waals surface area contributed by atoms with Crippen LogP contribution in [0.15, 0.2) is 54.5 Å². The highest BCUT2D eigenvalue weighted by molar-refractivity contribution is 5.69. The number of hydrogen-bond donors (Lipinski definition) is 4. The van der Waals surface area contributed by atoms with Gasteiger partial charge in [0.05, 0.1) is 5.70 Å². The van der Waals surface area contributed by atoms with Crippen LogP contribution in [0.4, 0.5) is 0 Å². The molecule has 1 rings (SSSR count). The van der Waals surface area contributed by atoms with Gasteiger partial charge in [-0.3, -0.25) is 0 Å². The molecule has 5 nitrogen and oxygen atoms in total. The van der Waals surface area contributed by atoms with Crippen molar-refractivity contribution in [1.29, 1.82) is 0 Å². The third-order valence-corrected chi connectivity index (χ3v) is 3.72. The first-order valence-electron chi connectivity index (χ1n) is 7.77. The summed E-state index contributed by atoms with van der Waals surface area (Å²) in [5.74, 6) is 0.783. The van der Waals surface area contributed by atoms with E-state index in [1.165, 1.54) is 0 Å². The van der Waals surface area contributed by atoms with Crippen molar-refractivity contribution in [3.63, 3.8) is 0 Å². The Kier molecular flexibility index (Phi) is 7.06. The van der Waals surface area contributed by atoms with Crippen molar-refractivity contribution < 1.29 is 5.11 Å². The Morgan fingerprint density at radius 1 is 1.30 bits per heavy atom. The van der Waals surface area contributed by atoms with Gasteiger partial charge in [0.1, 0.15) is 11.6 Å². The smallest absolute Gasteiger partial charge is 0.124 e. The Morgan fingerprint density at radius 3 is 2.48 bits per heavy atom. The van der Waals surface area contributed by atoms with E-state index in [0.717, 1.165) is 13.0 Å². The maximum Gasteiger partial charge on any atom is 0.124 e. The zero-order chi connectivity index (χ0) is 17.4. The first-order valence-corrected chi connectivity index (χ1v) is 7.77. The number of nitrogens with zero attached hydrogens (tertiary/aromatic N) is 1. The van der Waals surface area contributed by atoms with Gasteiger partial charge >= 0.3 is 0 Å². The van der Waals surface area contributed by atoms with Crippen LogP contribution in [-0.2, 0) is 0 Å². The molecule has 23 heavy (non-hydrogen) atoms. The van der Waals surface area contributed by atoms with E-state index in [4.69, 9.17) is 17.2 Å². The normalized spacial score (nSPS) is 12.5. The predicted molar refractivity (Wildman–Crippen MR) is 96.9 cm³/mol. The highest BCUT2D eigenvalue weighted by atomic mass is 16.3. The van der Waals surface area contributed by atoms with E-state index in [-0.39, 0.29) is 11.6 Å². The van der Waals surface area contributed by atoms with Crippen molar-refractivity contribution in [2.75, 3.05) is 13.1 Å². The van der Waals surface area contributed by atoms with E-state index in [2.05, 4.69) is 20.4 Å². The average molecular weight is 316 g/mol. The number of para-hydroxylation sites is 1. The summed E-state index contributed by atoms with van der Waals surface area (Å²) in [6, 6.07) is 6.89. The van der Waals surface area contributed by atoms with Crippen molar-refractivity contribution in [3.05, 3.63) is 60.1 Å². The Hall–Kier alpha value is -2.56. The minimum Gasteiger partial charge on any atom is -0.507 e. The number of phenolic OH excluding ortho intramolecular Hbond substituents is 1. The van der Waals surface area contributed by atoms with Gasteiger partial charge < -0.3 is 27.2 Å². The Bertz CT molecular complexity index is 588. The summed E-state index contributed by atoms with van der Waals surface area (Å²) in [7, 11) is 0. The van der Waals surface area contributed by atoms with Gasteiger partial charge in [-0.2, -0.15) is 0 Å². The predicted octanol–water partition coefficient (Wildman–Crippen LogP) is 2.31. The first-order chi connectivity index (χ1) is 10.9. The van der Waals surface area contributed by atoms with Crippen molar-refractivity contribution in [1.82, 2.24) is 4.90 Å². The minimum atomic E-state index is 0.119. The molecule has 0 radical (unpaired) electrons. The van der Waals surface area contributed by atoms with Crippen LogP contribution in [0.3, 0.4) is 0 Å².